The third-order valence-electron chi connectivity index (χ3n) is 3.02. The fraction of sp³-hybridized carbons (Fsp3) is 0.429. The molecule has 5 nitrogen and oxygen atoms in total. The van der Waals surface area contributed by atoms with Crippen LogP contribution in [0.5, 0.6) is 0 Å². The van der Waals surface area contributed by atoms with E-state index in [9.17, 15) is 9.59 Å². The van der Waals surface area contributed by atoms with Gasteiger partial charge in [0.15, 0.2) is 0 Å². The molecule has 1 saturated heterocycles. The van der Waals surface area contributed by atoms with E-state index in [0.29, 0.717) is 18.0 Å². The molecule has 0 radical (unpaired) electrons. The van der Waals surface area contributed by atoms with Crippen LogP contribution in [0.2, 0.25) is 5.02 Å². The van der Waals surface area contributed by atoms with Crippen molar-refractivity contribution in [2.24, 2.45) is 0 Å². The number of carbonyl (C=O) groups excluding carboxylic acids is 2. The van der Waals surface area contributed by atoms with Crippen molar-refractivity contribution in [2.45, 2.75) is 32.4 Å². The topological polar surface area (TPSA) is 61.4 Å². The Hall–Kier alpha value is -1.75. The maximum atomic E-state index is 12.0. The lowest BCUT2D eigenvalue weighted by Gasteiger charge is -2.18. The summed E-state index contributed by atoms with van der Waals surface area (Å²) < 4.78 is 0. The molecule has 0 spiro atoms. The smallest absolute Gasteiger partial charge is 0.315 e. The Balaban J connectivity index is 1.97. The molecule has 1 fully saturated rings. The van der Waals surface area contributed by atoms with Crippen molar-refractivity contribution >= 4 is 29.2 Å². The first kappa shape index (κ1) is 14.7. The van der Waals surface area contributed by atoms with Crippen LogP contribution < -0.4 is 15.5 Å². The van der Waals surface area contributed by atoms with E-state index < -0.39 is 0 Å². The third kappa shape index (κ3) is 3.63. The number of urea groups is 1. The SMILES string of the molecule is CC(C)NC(=O)N[C@@H]1CC(=O)N(c2ccc(Cl)cc2)C1. The summed E-state index contributed by atoms with van der Waals surface area (Å²) in [5.74, 6) is 0.00201. The number of carbonyl (C=O) groups is 2. The maximum Gasteiger partial charge on any atom is 0.315 e. The molecular weight excluding hydrogens is 278 g/mol. The monoisotopic (exact) mass is 295 g/mol. The number of halogens is 1. The molecule has 108 valence electrons. The second kappa shape index (κ2) is 6.13. The van der Waals surface area contributed by atoms with E-state index in [1.54, 1.807) is 29.2 Å². The zero-order valence-corrected chi connectivity index (χ0v) is 12.3. The number of nitrogens with zero attached hydrogens (tertiary/aromatic N) is 1. The predicted octanol–water partition coefficient (Wildman–Crippen LogP) is 2.15. The lowest BCUT2D eigenvalue weighted by Crippen LogP contribution is -2.45. The molecule has 2 rings (SSSR count). The number of hydrogen-bond acceptors (Lipinski definition) is 2. The predicted molar refractivity (Wildman–Crippen MR) is 79.0 cm³/mol. The average molecular weight is 296 g/mol. The summed E-state index contributed by atoms with van der Waals surface area (Å²) in [6.45, 7) is 4.25. The average Bonchev–Trinajstić information content (AvgIpc) is 2.70. The van der Waals surface area contributed by atoms with Gasteiger partial charge in [-0.1, -0.05) is 11.6 Å². The summed E-state index contributed by atoms with van der Waals surface area (Å²) >= 11 is 5.83. The molecule has 1 heterocycles. The van der Waals surface area contributed by atoms with Crippen LogP contribution in [0.3, 0.4) is 0 Å². The molecule has 1 aromatic rings. The van der Waals surface area contributed by atoms with Gasteiger partial charge >= 0.3 is 6.03 Å². The first-order valence-electron chi connectivity index (χ1n) is 6.58. The number of nitrogens with one attached hydrogen (secondary N) is 2. The number of benzene rings is 1. The van der Waals surface area contributed by atoms with E-state index in [4.69, 9.17) is 11.6 Å². The molecule has 0 bridgehead atoms. The third-order valence-corrected chi connectivity index (χ3v) is 3.27. The van der Waals surface area contributed by atoms with Gasteiger partial charge in [0, 0.05) is 29.7 Å². The maximum absolute atomic E-state index is 12.0. The fourth-order valence-electron chi connectivity index (χ4n) is 2.16. The lowest BCUT2D eigenvalue weighted by atomic mass is 10.2. The Labute approximate surface area is 123 Å². The lowest BCUT2D eigenvalue weighted by molar-refractivity contribution is -0.117. The summed E-state index contributed by atoms with van der Waals surface area (Å²) in [7, 11) is 0. The minimum Gasteiger partial charge on any atom is -0.336 e. The zero-order chi connectivity index (χ0) is 14.7. The summed E-state index contributed by atoms with van der Waals surface area (Å²) in [6, 6.07) is 6.76. The van der Waals surface area contributed by atoms with Crippen LogP contribution in [-0.4, -0.2) is 30.6 Å². The number of rotatable bonds is 3. The van der Waals surface area contributed by atoms with Crippen molar-refractivity contribution in [3.05, 3.63) is 29.3 Å². The van der Waals surface area contributed by atoms with Crippen LogP contribution in [0.25, 0.3) is 0 Å². The van der Waals surface area contributed by atoms with Gasteiger partial charge < -0.3 is 15.5 Å². The molecule has 0 aliphatic carbocycles. The summed E-state index contributed by atoms with van der Waals surface area (Å²) in [5, 5.41) is 6.19. The van der Waals surface area contributed by atoms with Gasteiger partial charge in [0.1, 0.15) is 0 Å². The summed E-state index contributed by atoms with van der Waals surface area (Å²) in [4.78, 5) is 25.3. The van der Waals surface area contributed by atoms with Crippen molar-refractivity contribution in [3.8, 4) is 0 Å². The number of amides is 3. The first-order chi connectivity index (χ1) is 9.45. The Morgan fingerprint density at radius 2 is 2.00 bits per heavy atom. The van der Waals surface area contributed by atoms with Gasteiger partial charge in [0.05, 0.1) is 6.04 Å². The van der Waals surface area contributed by atoms with E-state index >= 15 is 0 Å². The second-order valence-corrected chi connectivity index (χ2v) is 5.59. The Bertz CT molecular complexity index is 502. The van der Waals surface area contributed by atoms with Gasteiger partial charge in [-0.15, -0.1) is 0 Å². The Morgan fingerprint density at radius 3 is 2.60 bits per heavy atom. The molecule has 1 aliphatic heterocycles. The van der Waals surface area contributed by atoms with Crippen molar-refractivity contribution in [2.75, 3.05) is 11.4 Å². The summed E-state index contributed by atoms with van der Waals surface area (Å²) in [5.41, 5.74) is 0.799. The van der Waals surface area contributed by atoms with E-state index in [0.717, 1.165) is 5.69 Å². The van der Waals surface area contributed by atoms with Crippen LogP contribution in [0, 0.1) is 0 Å². The quantitative estimate of drug-likeness (QED) is 0.897. The van der Waals surface area contributed by atoms with Gasteiger partial charge in [-0.25, -0.2) is 4.79 Å². The molecule has 0 unspecified atom stereocenters. The van der Waals surface area contributed by atoms with Gasteiger partial charge in [-0.2, -0.15) is 0 Å². The molecule has 1 atom stereocenters. The molecule has 20 heavy (non-hydrogen) atoms. The highest BCUT2D eigenvalue weighted by Crippen LogP contribution is 2.23. The minimum atomic E-state index is -0.240. The Kier molecular flexibility index (Phi) is 4.49. The molecule has 3 amide bonds. The molecule has 2 N–H and O–H groups in total. The zero-order valence-electron chi connectivity index (χ0n) is 11.5. The van der Waals surface area contributed by atoms with Gasteiger partial charge in [0.25, 0.3) is 0 Å². The van der Waals surface area contributed by atoms with Gasteiger partial charge in [-0.3, -0.25) is 4.79 Å². The molecule has 1 aromatic carbocycles. The van der Waals surface area contributed by atoms with Crippen LogP contribution in [0.1, 0.15) is 20.3 Å². The standard InChI is InChI=1S/C14H18ClN3O2/c1-9(2)16-14(20)17-11-7-13(19)18(8-11)12-5-3-10(15)4-6-12/h3-6,9,11H,7-8H2,1-2H3,(H2,16,17,20)/t11-/m1/s1. The molecular formula is C14H18ClN3O2. The minimum absolute atomic E-state index is 0.00201. The van der Waals surface area contributed by atoms with Crippen LogP contribution in [0.15, 0.2) is 24.3 Å². The number of anilines is 1. The van der Waals surface area contributed by atoms with Crippen molar-refractivity contribution in [3.63, 3.8) is 0 Å². The van der Waals surface area contributed by atoms with Crippen LogP contribution >= 0.6 is 11.6 Å². The van der Waals surface area contributed by atoms with Crippen LogP contribution in [0.4, 0.5) is 10.5 Å². The fourth-order valence-corrected chi connectivity index (χ4v) is 2.29. The number of hydrogen-bond donors (Lipinski definition) is 2. The van der Waals surface area contributed by atoms with E-state index in [1.165, 1.54) is 0 Å². The van der Waals surface area contributed by atoms with Crippen molar-refractivity contribution in [1.82, 2.24) is 10.6 Å². The largest absolute Gasteiger partial charge is 0.336 e. The normalized spacial score (nSPS) is 18.5. The molecule has 0 aromatic heterocycles. The van der Waals surface area contributed by atoms with Gasteiger partial charge in [0.2, 0.25) is 5.91 Å². The first-order valence-corrected chi connectivity index (χ1v) is 6.96. The van der Waals surface area contributed by atoms with Crippen molar-refractivity contribution in [1.29, 1.82) is 0 Å². The summed E-state index contributed by atoms with van der Waals surface area (Å²) in [6.07, 6.45) is 0.314. The van der Waals surface area contributed by atoms with Gasteiger partial charge in [-0.05, 0) is 38.1 Å². The highest BCUT2D eigenvalue weighted by Gasteiger charge is 2.31. The van der Waals surface area contributed by atoms with Crippen molar-refractivity contribution < 1.29 is 9.59 Å². The molecule has 1 aliphatic rings. The van der Waals surface area contributed by atoms with E-state index in [-0.39, 0.29) is 24.0 Å². The van der Waals surface area contributed by atoms with E-state index in [2.05, 4.69) is 10.6 Å². The second-order valence-electron chi connectivity index (χ2n) is 5.15. The molecule has 6 heteroatoms. The molecule has 0 saturated carbocycles. The Morgan fingerprint density at radius 1 is 1.35 bits per heavy atom. The van der Waals surface area contributed by atoms with E-state index in [1.807, 2.05) is 13.8 Å². The van der Waals surface area contributed by atoms with Crippen LogP contribution in [-0.2, 0) is 4.79 Å². The highest BCUT2D eigenvalue weighted by molar-refractivity contribution is 6.30. The highest BCUT2D eigenvalue weighted by atomic mass is 35.5.